The molecule has 1 amide bonds. The highest BCUT2D eigenvalue weighted by Crippen LogP contribution is 2.28. The zero-order valence-electron chi connectivity index (χ0n) is 20.7. The van der Waals surface area contributed by atoms with E-state index in [-0.39, 0.29) is 18.2 Å². The molecule has 2 aromatic heterocycles. The number of hydrogen-bond donors (Lipinski definition) is 0. The van der Waals surface area contributed by atoms with E-state index in [4.69, 9.17) is 9.84 Å². The van der Waals surface area contributed by atoms with Crippen LogP contribution in [0.15, 0.2) is 73.1 Å². The molecule has 4 aromatic rings. The Morgan fingerprint density at radius 2 is 1.68 bits per heavy atom. The van der Waals surface area contributed by atoms with Crippen molar-refractivity contribution in [2.75, 3.05) is 38.2 Å². The maximum Gasteiger partial charge on any atom is 0.387 e. The van der Waals surface area contributed by atoms with Crippen molar-refractivity contribution in [3.8, 4) is 34.1 Å². The van der Waals surface area contributed by atoms with Crippen molar-refractivity contribution in [2.24, 2.45) is 0 Å². The van der Waals surface area contributed by atoms with E-state index >= 15 is 0 Å². The van der Waals surface area contributed by atoms with Gasteiger partial charge in [0.25, 0.3) is 0 Å². The Hall–Kier alpha value is -4.54. The largest absolute Gasteiger partial charge is 0.481 e. The number of aromatic nitrogens is 4. The van der Waals surface area contributed by atoms with Crippen LogP contribution >= 0.6 is 0 Å². The van der Waals surface area contributed by atoms with Gasteiger partial charge in [0.05, 0.1) is 18.5 Å². The zero-order valence-corrected chi connectivity index (χ0v) is 20.7. The van der Waals surface area contributed by atoms with Gasteiger partial charge >= 0.3 is 6.61 Å². The van der Waals surface area contributed by atoms with Crippen LogP contribution in [0.2, 0.25) is 0 Å². The molecule has 5 rings (SSSR count). The van der Waals surface area contributed by atoms with Gasteiger partial charge in [0.15, 0.2) is 0 Å². The van der Waals surface area contributed by atoms with Crippen LogP contribution in [0.5, 0.6) is 11.6 Å². The van der Waals surface area contributed by atoms with Gasteiger partial charge in [0.2, 0.25) is 11.8 Å². The molecule has 1 saturated heterocycles. The fourth-order valence-corrected chi connectivity index (χ4v) is 4.35. The molecule has 196 valence electrons. The van der Waals surface area contributed by atoms with E-state index in [1.54, 1.807) is 30.0 Å². The molecule has 1 aliphatic rings. The first-order valence-electron chi connectivity index (χ1n) is 12.1. The quantitative estimate of drug-likeness (QED) is 0.348. The standard InChI is InChI=1S/C27H26F2N6O3/c1-37-25-16-24(30-18-31-25)33-11-13-34(14-12-33)26(36)17-35-23(20-5-3-2-4-6-20)15-22(32-35)19-7-9-21(10-8-19)38-27(28)29/h2-10,15-16,18,27H,11-14,17H2,1H3. The number of hydrogen-bond acceptors (Lipinski definition) is 7. The van der Waals surface area contributed by atoms with Crippen LogP contribution in [0.25, 0.3) is 22.5 Å². The van der Waals surface area contributed by atoms with Crippen LogP contribution in [-0.4, -0.2) is 70.5 Å². The number of halogens is 2. The number of carbonyl (C=O) groups excluding carboxylic acids is 1. The molecular formula is C27H26F2N6O3. The number of rotatable bonds is 8. The fraction of sp³-hybridized carbons (Fsp3) is 0.259. The number of alkyl halides is 2. The van der Waals surface area contributed by atoms with Gasteiger partial charge in [-0.25, -0.2) is 9.97 Å². The number of anilines is 1. The summed E-state index contributed by atoms with van der Waals surface area (Å²) in [6.07, 6.45) is 1.46. The number of ether oxygens (including phenoxy) is 2. The summed E-state index contributed by atoms with van der Waals surface area (Å²) in [6.45, 7) is -0.458. The fourth-order valence-electron chi connectivity index (χ4n) is 4.35. The lowest BCUT2D eigenvalue weighted by Crippen LogP contribution is -2.50. The van der Waals surface area contributed by atoms with Gasteiger partial charge in [-0.2, -0.15) is 13.9 Å². The number of methoxy groups -OCH3 is 1. The molecule has 0 aliphatic carbocycles. The lowest BCUT2D eigenvalue weighted by molar-refractivity contribution is -0.132. The predicted octanol–water partition coefficient (Wildman–Crippen LogP) is 3.97. The van der Waals surface area contributed by atoms with Gasteiger partial charge in [-0.15, -0.1) is 0 Å². The van der Waals surface area contributed by atoms with Crippen molar-refractivity contribution in [1.29, 1.82) is 0 Å². The second kappa shape index (κ2) is 11.2. The summed E-state index contributed by atoms with van der Waals surface area (Å²) in [7, 11) is 1.56. The smallest absolute Gasteiger partial charge is 0.387 e. The van der Waals surface area contributed by atoms with E-state index in [1.165, 1.54) is 18.5 Å². The van der Waals surface area contributed by atoms with Crippen LogP contribution in [0.3, 0.4) is 0 Å². The Morgan fingerprint density at radius 3 is 2.37 bits per heavy atom. The number of piperazine rings is 1. The monoisotopic (exact) mass is 520 g/mol. The van der Waals surface area contributed by atoms with E-state index in [0.29, 0.717) is 37.8 Å². The minimum Gasteiger partial charge on any atom is -0.481 e. The van der Waals surface area contributed by atoms with Gasteiger partial charge in [0, 0.05) is 37.8 Å². The molecule has 0 atom stereocenters. The molecule has 1 fully saturated rings. The van der Waals surface area contributed by atoms with Crippen LogP contribution < -0.4 is 14.4 Å². The lowest BCUT2D eigenvalue weighted by Gasteiger charge is -2.35. The molecule has 0 N–H and O–H groups in total. The maximum absolute atomic E-state index is 13.3. The van der Waals surface area contributed by atoms with Crippen molar-refractivity contribution in [2.45, 2.75) is 13.2 Å². The summed E-state index contributed by atoms with van der Waals surface area (Å²) in [5.74, 6) is 1.28. The number of amides is 1. The lowest BCUT2D eigenvalue weighted by atomic mass is 10.1. The highest BCUT2D eigenvalue weighted by atomic mass is 19.3. The van der Waals surface area contributed by atoms with E-state index in [9.17, 15) is 13.6 Å². The third-order valence-electron chi connectivity index (χ3n) is 6.30. The molecule has 9 nitrogen and oxygen atoms in total. The topological polar surface area (TPSA) is 85.6 Å². The Kier molecular flexibility index (Phi) is 7.43. The molecule has 0 unspecified atom stereocenters. The van der Waals surface area contributed by atoms with E-state index in [1.807, 2.05) is 41.3 Å². The summed E-state index contributed by atoms with van der Waals surface area (Å²) in [6, 6.07) is 19.6. The molecule has 0 radical (unpaired) electrons. The average molecular weight is 521 g/mol. The third kappa shape index (κ3) is 5.72. The molecule has 2 aromatic carbocycles. The Morgan fingerprint density at radius 1 is 0.947 bits per heavy atom. The third-order valence-corrected chi connectivity index (χ3v) is 6.30. The zero-order chi connectivity index (χ0) is 26.5. The SMILES string of the molecule is COc1cc(N2CCN(C(=O)Cn3nc(-c4ccc(OC(F)F)cc4)cc3-c3ccccc3)CC2)ncn1. The first-order valence-corrected chi connectivity index (χ1v) is 12.1. The summed E-state index contributed by atoms with van der Waals surface area (Å²) in [5, 5.41) is 4.70. The normalized spacial score (nSPS) is 13.6. The van der Waals surface area contributed by atoms with Crippen molar-refractivity contribution in [3.63, 3.8) is 0 Å². The summed E-state index contributed by atoms with van der Waals surface area (Å²) < 4.78 is 36.4. The average Bonchev–Trinajstić information content (AvgIpc) is 3.37. The van der Waals surface area contributed by atoms with Gasteiger partial charge in [-0.05, 0) is 35.9 Å². The van der Waals surface area contributed by atoms with Crippen LogP contribution in [0.4, 0.5) is 14.6 Å². The van der Waals surface area contributed by atoms with E-state index < -0.39 is 6.61 Å². The highest BCUT2D eigenvalue weighted by molar-refractivity contribution is 5.78. The van der Waals surface area contributed by atoms with E-state index in [0.717, 1.165) is 22.6 Å². The van der Waals surface area contributed by atoms with Crippen molar-refractivity contribution < 1.29 is 23.0 Å². The Bertz CT molecular complexity index is 1370. The van der Waals surface area contributed by atoms with Crippen molar-refractivity contribution in [3.05, 3.63) is 73.1 Å². The number of carbonyl (C=O) groups is 1. The first-order chi connectivity index (χ1) is 18.5. The molecular weight excluding hydrogens is 494 g/mol. The van der Waals surface area contributed by atoms with E-state index in [2.05, 4.69) is 19.6 Å². The minimum atomic E-state index is -2.89. The second-order valence-electron chi connectivity index (χ2n) is 8.63. The van der Waals surface area contributed by atoms with Gasteiger partial charge < -0.3 is 19.3 Å². The summed E-state index contributed by atoms with van der Waals surface area (Å²) in [4.78, 5) is 25.6. The molecule has 3 heterocycles. The Labute approximate surface area is 218 Å². The van der Waals surface area contributed by atoms with Gasteiger partial charge in [-0.3, -0.25) is 9.48 Å². The van der Waals surface area contributed by atoms with Gasteiger partial charge in [-0.1, -0.05) is 30.3 Å². The molecule has 11 heteroatoms. The maximum atomic E-state index is 13.3. The molecule has 38 heavy (non-hydrogen) atoms. The van der Waals surface area contributed by atoms with Crippen molar-refractivity contribution >= 4 is 11.7 Å². The predicted molar refractivity (Wildman–Crippen MR) is 137 cm³/mol. The summed E-state index contributed by atoms with van der Waals surface area (Å²) in [5.41, 5.74) is 3.06. The number of benzene rings is 2. The molecule has 1 aliphatic heterocycles. The molecule has 0 bridgehead atoms. The summed E-state index contributed by atoms with van der Waals surface area (Å²) >= 11 is 0. The molecule has 0 spiro atoms. The molecule has 0 saturated carbocycles. The van der Waals surface area contributed by atoms with Gasteiger partial charge in [0.1, 0.15) is 24.4 Å². The van der Waals surface area contributed by atoms with Crippen LogP contribution in [0, 0.1) is 0 Å². The Balaban J connectivity index is 1.32. The second-order valence-corrected chi connectivity index (χ2v) is 8.63. The highest BCUT2D eigenvalue weighted by Gasteiger charge is 2.24. The van der Waals surface area contributed by atoms with Crippen LogP contribution in [0.1, 0.15) is 0 Å². The van der Waals surface area contributed by atoms with Crippen molar-refractivity contribution in [1.82, 2.24) is 24.6 Å². The minimum absolute atomic E-state index is 0.0440. The first kappa shape index (κ1) is 25.1. The number of nitrogens with zero attached hydrogens (tertiary/aromatic N) is 6. The van der Waals surface area contributed by atoms with Crippen LogP contribution in [-0.2, 0) is 11.3 Å².